The number of nitrogens with zero attached hydrogens (tertiary/aromatic N) is 3. The molecule has 0 saturated carbocycles. The maximum Gasteiger partial charge on any atom is 0.308 e. The van der Waals surface area contributed by atoms with E-state index in [1.54, 1.807) is 54.6 Å². The number of hydrogen-bond acceptors (Lipinski definition) is 14. The van der Waals surface area contributed by atoms with Gasteiger partial charge in [0, 0.05) is 110 Å². The Morgan fingerprint density at radius 1 is 0.432 bits per heavy atom. The van der Waals surface area contributed by atoms with Crippen molar-refractivity contribution >= 4 is 52.5 Å². The minimum atomic E-state index is -0.845. The summed E-state index contributed by atoms with van der Waals surface area (Å²) in [4.78, 5) is 79.2. The standard InChI is InChI=1S/C39H43FN2O5.C37H41FN2O4.C36H37FN2O4.C2H6.CH4O.CH4/c1-5-23-46-33(26-34(44)47-24-6-2)25-32(43)21-22-42-37(27(3)4)36(39(45)41-31-15-11-8-12-16-31)35(28-13-9-7-10-14-28)38(42)29-17-19-30(40)20-18-29;1-5-22-44-32(23-26(4)41)24-31(42)20-21-40-35(25(2)3)34(37(43)39-30-14-10-7-11-15-30)33(27-12-8-6-9-13-27)36(40)28-16-18-29(38)19-17-28;1-4-21-42-30-22-29(43-31(40)23-30)19-20-39-34(24(2)3)33(36(41)38-28-13-9-6-10-14-28)32(25-11-7-5-8-12-25)35(39)26-15-17-27(37)18-16-26;2*1-2;/h5-20,27,32-33,43H,1-2,21-26H2,3-4H3,(H,41,45);5-19,25,31-32,42H,1,20-24H2,2-4H3,(H,39,43);4-18,24,29-30H,1,19-23H2,2-3H3,(H,38,41);1-2H3;2H,1H3;1H4/t32-,33-;31-,32+;29-,30-;;;/m111.../s1. The number of Topliss-reactive ketones (excluding diaryl/α,β-unsaturated/α-hetero) is 1. The van der Waals surface area contributed by atoms with Crippen molar-refractivity contribution in [1.29, 1.82) is 0 Å². The molecule has 9 aromatic carbocycles. The average Bonchev–Trinajstić information content (AvgIpc) is 1.60. The molecule has 1 aliphatic heterocycles. The van der Waals surface area contributed by atoms with Crippen molar-refractivity contribution in [2.24, 2.45) is 0 Å². The van der Waals surface area contributed by atoms with Crippen LogP contribution in [0.5, 0.6) is 0 Å². The number of rotatable bonds is 43. The van der Waals surface area contributed by atoms with Crippen LogP contribution in [0.25, 0.3) is 67.2 Å². The molecule has 1 aliphatic rings. The number of ketones is 1. The average molecular weight is 1890 g/mol. The van der Waals surface area contributed by atoms with Gasteiger partial charge in [-0.05, 0) is 180 Å². The van der Waals surface area contributed by atoms with Crippen molar-refractivity contribution in [3.63, 3.8) is 0 Å². The molecule has 23 heteroatoms. The van der Waals surface area contributed by atoms with Gasteiger partial charge in [-0.2, -0.15) is 0 Å². The van der Waals surface area contributed by atoms with Gasteiger partial charge in [-0.15, -0.1) is 19.7 Å². The summed E-state index contributed by atoms with van der Waals surface area (Å²) in [6, 6.07) is 76.0. The van der Waals surface area contributed by atoms with Crippen molar-refractivity contribution in [3.8, 4) is 67.2 Å². The van der Waals surface area contributed by atoms with Gasteiger partial charge in [0.2, 0.25) is 0 Å². The van der Waals surface area contributed by atoms with Crippen molar-refractivity contribution in [3.05, 3.63) is 357 Å². The van der Waals surface area contributed by atoms with Gasteiger partial charge in [0.1, 0.15) is 35.9 Å². The van der Waals surface area contributed by atoms with Gasteiger partial charge in [0.05, 0.1) is 97.0 Å². The molecule has 1 saturated heterocycles. The second-order valence-electron chi connectivity index (χ2n) is 34.0. The molecule has 3 amide bonds. The summed E-state index contributed by atoms with van der Waals surface area (Å²) >= 11 is 0. The predicted molar refractivity (Wildman–Crippen MR) is 553 cm³/mol. The molecule has 4 heterocycles. The zero-order valence-corrected chi connectivity index (χ0v) is 80.7. The lowest BCUT2D eigenvalue weighted by Gasteiger charge is -2.29. The molecule has 0 spiro atoms. The van der Waals surface area contributed by atoms with Crippen molar-refractivity contribution in [2.75, 3.05) is 49.5 Å². The van der Waals surface area contributed by atoms with E-state index in [0.29, 0.717) is 85.7 Å². The fraction of sp³-hybridized carbons (Fsp3) is 0.310. The number of anilines is 3. The smallest absolute Gasteiger partial charge is 0.308 e. The number of esters is 2. The summed E-state index contributed by atoms with van der Waals surface area (Å²) in [5.74, 6) is -2.75. The summed E-state index contributed by atoms with van der Waals surface area (Å²) in [7, 11) is 1.00. The summed E-state index contributed by atoms with van der Waals surface area (Å²) in [5, 5.41) is 38.7. The van der Waals surface area contributed by atoms with Crippen LogP contribution in [0.15, 0.2) is 305 Å². The molecule has 734 valence electrons. The Morgan fingerprint density at radius 3 is 1.04 bits per heavy atom. The predicted octanol–water partition coefficient (Wildman–Crippen LogP) is 25.5. The molecule has 0 aliphatic carbocycles. The number of aromatic nitrogens is 3. The van der Waals surface area contributed by atoms with Crippen LogP contribution in [0.4, 0.5) is 30.2 Å². The van der Waals surface area contributed by atoms with Gasteiger partial charge in [-0.25, -0.2) is 13.2 Å². The highest BCUT2D eigenvalue weighted by Crippen LogP contribution is 2.47. The third-order valence-electron chi connectivity index (χ3n) is 22.8. The third-order valence-corrected chi connectivity index (χ3v) is 22.8. The quantitative estimate of drug-likeness (QED) is 0.0153. The summed E-state index contributed by atoms with van der Waals surface area (Å²) in [6.07, 6.45) is 5.78. The Kier molecular flexibility index (Phi) is 45.3. The second-order valence-corrected chi connectivity index (χ2v) is 34.0. The fourth-order valence-corrected chi connectivity index (χ4v) is 17.2. The Hall–Kier alpha value is -13.7. The van der Waals surface area contributed by atoms with Crippen LogP contribution in [-0.2, 0) is 57.7 Å². The van der Waals surface area contributed by atoms with Gasteiger partial charge in [0.25, 0.3) is 17.7 Å². The Morgan fingerprint density at radius 2 is 0.734 bits per heavy atom. The number of halogens is 3. The van der Waals surface area contributed by atoms with Crippen LogP contribution in [-0.4, -0.2) is 135 Å². The van der Waals surface area contributed by atoms with E-state index in [1.165, 1.54) is 49.4 Å². The zero-order chi connectivity index (χ0) is 99.7. The van der Waals surface area contributed by atoms with E-state index in [9.17, 15) is 52.2 Å². The molecule has 6 atom stereocenters. The molecule has 6 N–H and O–H groups in total. The number of benzene rings is 9. The highest BCUT2D eigenvalue weighted by atomic mass is 19.1. The molecule has 12 aromatic rings. The Labute approximate surface area is 817 Å². The number of amides is 3. The number of nitrogens with one attached hydrogen (secondary N) is 3. The molecular weight excluding hydrogens is 1760 g/mol. The van der Waals surface area contributed by atoms with E-state index in [0.717, 1.165) is 91.3 Å². The number of ether oxygens (including phenoxy) is 5. The monoisotopic (exact) mass is 1890 g/mol. The van der Waals surface area contributed by atoms with Crippen LogP contribution >= 0.6 is 0 Å². The van der Waals surface area contributed by atoms with Crippen molar-refractivity contribution < 1.29 is 80.9 Å². The van der Waals surface area contributed by atoms with Crippen molar-refractivity contribution in [2.45, 2.75) is 202 Å². The van der Waals surface area contributed by atoms with E-state index in [-0.39, 0.29) is 136 Å². The Balaban J connectivity index is 0.000000250. The topological polar surface area (TPSA) is 260 Å². The van der Waals surface area contributed by atoms with E-state index in [1.807, 2.05) is 224 Å². The van der Waals surface area contributed by atoms with E-state index in [2.05, 4.69) is 69.8 Å². The minimum absolute atomic E-state index is 0. The maximum atomic E-state index is 14.2. The van der Waals surface area contributed by atoms with Crippen LogP contribution in [0, 0.1) is 17.5 Å². The van der Waals surface area contributed by atoms with Gasteiger partial charge in [-0.1, -0.05) is 239 Å². The van der Waals surface area contributed by atoms with Crippen LogP contribution < -0.4 is 16.0 Å². The van der Waals surface area contributed by atoms with E-state index >= 15 is 0 Å². The molecule has 0 unspecified atom stereocenters. The molecule has 0 radical (unpaired) electrons. The first kappa shape index (κ1) is 111. The molecular formula is C116H135F3N6O14. The largest absolute Gasteiger partial charge is 0.462 e. The first-order valence-corrected chi connectivity index (χ1v) is 47.0. The van der Waals surface area contributed by atoms with Gasteiger partial charge >= 0.3 is 11.9 Å². The normalized spacial score (nSPS) is 13.4. The van der Waals surface area contributed by atoms with Gasteiger partial charge < -0.3 is 68.7 Å². The maximum absolute atomic E-state index is 14.2. The molecule has 3 aromatic heterocycles. The van der Waals surface area contributed by atoms with Crippen LogP contribution in [0.3, 0.4) is 0 Å². The van der Waals surface area contributed by atoms with Crippen LogP contribution in [0.1, 0.15) is 193 Å². The number of carbonyl (C=O) groups is 6. The molecule has 13 rings (SSSR count). The van der Waals surface area contributed by atoms with Gasteiger partial charge in [0.15, 0.2) is 0 Å². The molecule has 20 nitrogen and oxygen atoms in total. The first-order chi connectivity index (χ1) is 66.8. The lowest BCUT2D eigenvalue weighted by Crippen LogP contribution is -2.35. The van der Waals surface area contributed by atoms with E-state index < -0.39 is 30.4 Å². The first-order valence-electron chi connectivity index (χ1n) is 47.0. The highest BCUT2D eigenvalue weighted by Gasteiger charge is 2.37. The van der Waals surface area contributed by atoms with Gasteiger partial charge in [-0.3, -0.25) is 28.8 Å². The Bertz CT molecular complexity index is 5890. The fourth-order valence-electron chi connectivity index (χ4n) is 17.2. The SMILES string of the molecule is C.C=CCOC(=O)C[C@@H](C[C@H](O)CCn1c(-c2ccc(F)cc2)c(-c2ccccc2)c(C(=O)Nc2ccccc2)c1C(C)C)OCC=C.C=CCO[C@@H](CC(C)=O)C[C@H](O)CCn1c(-c2ccc(F)cc2)c(-c2ccccc2)c(C(=O)Nc2ccccc2)c1C(C)C.C=CCO[C@H]1CC(=O)O[C@H](CCn2c(-c3ccc(F)cc3)c(-c3ccccc3)c(C(=O)Nc3ccccc3)c2C(C)C)C1.CC.CO. The lowest BCUT2D eigenvalue weighted by atomic mass is 9.94. The summed E-state index contributed by atoms with van der Waals surface area (Å²) < 4.78 is 77.0. The molecule has 0 bridgehead atoms. The number of para-hydroxylation sites is 3. The number of carbonyl (C=O) groups excluding carboxylic acids is 6. The molecule has 1 fully saturated rings. The minimum Gasteiger partial charge on any atom is -0.462 e. The number of hydrogen-bond donors (Lipinski definition) is 6. The highest BCUT2D eigenvalue weighted by molar-refractivity contribution is 6.15. The van der Waals surface area contributed by atoms with E-state index in [4.69, 9.17) is 28.8 Å². The number of aliphatic hydroxyl groups is 3. The zero-order valence-electron chi connectivity index (χ0n) is 80.7. The van der Waals surface area contributed by atoms with Crippen LogP contribution in [0.2, 0.25) is 0 Å². The second kappa shape index (κ2) is 56.9. The lowest BCUT2D eigenvalue weighted by molar-refractivity contribution is -0.163. The third kappa shape index (κ3) is 31.4. The summed E-state index contributed by atoms with van der Waals surface area (Å²) in [6.45, 7) is 34.6. The molecule has 139 heavy (non-hydrogen) atoms. The number of cyclic esters (lactones) is 1. The summed E-state index contributed by atoms with van der Waals surface area (Å²) in [5.41, 5.74) is 15.5. The number of aliphatic hydroxyl groups excluding tert-OH is 3. The van der Waals surface area contributed by atoms with Crippen molar-refractivity contribution in [1.82, 2.24) is 13.7 Å².